The molecule has 5 heteroatoms. The fourth-order valence-electron chi connectivity index (χ4n) is 1.72. The molecule has 2 unspecified atom stereocenters. The molecule has 0 saturated heterocycles. The van der Waals surface area contributed by atoms with Crippen LogP contribution in [0.1, 0.15) is 36.2 Å². The number of halogens is 1. The van der Waals surface area contributed by atoms with Crippen molar-refractivity contribution in [3.8, 4) is 0 Å². The van der Waals surface area contributed by atoms with E-state index in [-0.39, 0.29) is 18.2 Å². The highest BCUT2D eigenvalue weighted by molar-refractivity contribution is 5.87. The maximum absolute atomic E-state index is 13.5. The average molecular weight is 255 g/mol. The summed E-state index contributed by atoms with van der Waals surface area (Å²) >= 11 is 0. The first-order chi connectivity index (χ1) is 8.40. The molecule has 0 spiro atoms. The van der Waals surface area contributed by atoms with Crippen molar-refractivity contribution in [3.05, 3.63) is 35.1 Å². The highest BCUT2D eigenvalue weighted by Gasteiger charge is 2.10. The predicted octanol–water partition coefficient (Wildman–Crippen LogP) is 1.77. The summed E-state index contributed by atoms with van der Waals surface area (Å²) in [7, 11) is 0. The van der Waals surface area contributed by atoms with Gasteiger partial charge in [0.25, 0.3) is 0 Å². The highest BCUT2D eigenvalue weighted by Crippen LogP contribution is 2.11. The van der Waals surface area contributed by atoms with Crippen LogP contribution in [0.2, 0.25) is 0 Å². The second-order valence-electron chi connectivity index (χ2n) is 4.48. The lowest BCUT2D eigenvalue weighted by atomic mass is 10.1. The number of aromatic carboxylic acids is 1. The van der Waals surface area contributed by atoms with E-state index in [1.807, 2.05) is 6.92 Å². The largest absolute Gasteiger partial charge is 0.478 e. The fraction of sp³-hybridized carbons (Fsp3) is 0.462. The Morgan fingerprint density at radius 1 is 1.44 bits per heavy atom. The topological polar surface area (TPSA) is 69.6 Å². The molecule has 0 bridgehead atoms. The van der Waals surface area contributed by atoms with E-state index in [0.717, 1.165) is 6.07 Å². The molecule has 18 heavy (non-hydrogen) atoms. The van der Waals surface area contributed by atoms with Gasteiger partial charge in [-0.2, -0.15) is 0 Å². The molecule has 3 N–H and O–H groups in total. The van der Waals surface area contributed by atoms with Crippen LogP contribution in [0.25, 0.3) is 0 Å². The molecule has 1 aromatic rings. The van der Waals surface area contributed by atoms with Crippen LogP contribution in [0.5, 0.6) is 0 Å². The molecule has 100 valence electrons. The van der Waals surface area contributed by atoms with Crippen molar-refractivity contribution in [1.29, 1.82) is 0 Å². The van der Waals surface area contributed by atoms with E-state index >= 15 is 0 Å². The lowest BCUT2D eigenvalue weighted by Crippen LogP contribution is -2.29. The molecule has 0 heterocycles. The molecule has 0 saturated carbocycles. The van der Waals surface area contributed by atoms with Crippen molar-refractivity contribution in [1.82, 2.24) is 5.32 Å². The van der Waals surface area contributed by atoms with Crippen molar-refractivity contribution in [2.75, 3.05) is 0 Å². The molecule has 0 fully saturated rings. The van der Waals surface area contributed by atoms with E-state index in [0.29, 0.717) is 12.0 Å². The van der Waals surface area contributed by atoms with Crippen LogP contribution < -0.4 is 5.32 Å². The van der Waals surface area contributed by atoms with Crippen molar-refractivity contribution in [3.63, 3.8) is 0 Å². The standard InChI is InChI=1S/C13H18FNO3/c1-8(5-9(2)16)15-7-11-6-10(13(17)18)3-4-12(11)14/h3-4,6,8-9,15-16H,5,7H2,1-2H3,(H,17,18). The van der Waals surface area contributed by atoms with Gasteiger partial charge in [-0.25, -0.2) is 9.18 Å². The Labute approximate surface area is 105 Å². The minimum absolute atomic E-state index is 0.0258. The zero-order valence-corrected chi connectivity index (χ0v) is 10.5. The van der Waals surface area contributed by atoms with Crippen LogP contribution in [0.4, 0.5) is 4.39 Å². The number of carboxylic acid groups (broad SMARTS) is 1. The van der Waals surface area contributed by atoms with Crippen LogP contribution in [-0.4, -0.2) is 28.3 Å². The van der Waals surface area contributed by atoms with E-state index in [1.54, 1.807) is 6.92 Å². The third-order valence-corrected chi connectivity index (χ3v) is 2.63. The summed E-state index contributed by atoms with van der Waals surface area (Å²) in [5, 5.41) is 21.1. The number of aliphatic hydroxyl groups excluding tert-OH is 1. The van der Waals surface area contributed by atoms with Crippen molar-refractivity contribution in [2.45, 2.75) is 39.0 Å². The van der Waals surface area contributed by atoms with Crippen LogP contribution in [-0.2, 0) is 6.54 Å². The number of aliphatic hydroxyl groups is 1. The quantitative estimate of drug-likeness (QED) is 0.724. The number of nitrogens with one attached hydrogen (secondary N) is 1. The number of carboxylic acids is 1. The molecule has 0 aliphatic heterocycles. The number of benzene rings is 1. The van der Waals surface area contributed by atoms with E-state index in [9.17, 15) is 14.3 Å². The number of hydrogen-bond donors (Lipinski definition) is 3. The van der Waals surface area contributed by atoms with Crippen molar-refractivity contribution >= 4 is 5.97 Å². The summed E-state index contributed by atoms with van der Waals surface area (Å²) in [5.74, 6) is -1.51. The first-order valence-electron chi connectivity index (χ1n) is 5.83. The van der Waals surface area contributed by atoms with Crippen LogP contribution in [0.15, 0.2) is 18.2 Å². The Morgan fingerprint density at radius 3 is 2.67 bits per heavy atom. The Kier molecular flexibility index (Phi) is 5.25. The SMILES string of the molecule is CC(O)CC(C)NCc1cc(C(=O)O)ccc1F. The minimum atomic E-state index is -1.08. The first kappa shape index (κ1) is 14.6. The normalized spacial score (nSPS) is 14.2. The molecule has 1 rings (SSSR count). The molecule has 0 amide bonds. The van der Waals surface area contributed by atoms with Gasteiger partial charge in [-0.1, -0.05) is 0 Å². The van der Waals surface area contributed by atoms with E-state index in [2.05, 4.69) is 5.32 Å². The molecule has 1 aromatic carbocycles. The van der Waals surface area contributed by atoms with Gasteiger partial charge in [0.05, 0.1) is 11.7 Å². The third kappa shape index (κ3) is 4.43. The molecular weight excluding hydrogens is 237 g/mol. The Balaban J connectivity index is 2.66. The summed E-state index contributed by atoms with van der Waals surface area (Å²) in [5.41, 5.74) is 0.378. The monoisotopic (exact) mass is 255 g/mol. The maximum Gasteiger partial charge on any atom is 0.335 e. The molecule has 0 radical (unpaired) electrons. The summed E-state index contributed by atoms with van der Waals surface area (Å²) in [6.07, 6.45) is 0.128. The van der Waals surface area contributed by atoms with E-state index in [4.69, 9.17) is 5.11 Å². The van der Waals surface area contributed by atoms with Gasteiger partial charge in [-0.05, 0) is 38.5 Å². The summed E-state index contributed by atoms with van der Waals surface area (Å²) in [4.78, 5) is 10.8. The Bertz CT molecular complexity index is 421. The molecule has 4 nitrogen and oxygen atoms in total. The zero-order chi connectivity index (χ0) is 13.7. The van der Waals surface area contributed by atoms with Gasteiger partial charge in [0, 0.05) is 18.2 Å². The van der Waals surface area contributed by atoms with Crippen LogP contribution >= 0.6 is 0 Å². The van der Waals surface area contributed by atoms with Crippen LogP contribution in [0, 0.1) is 5.82 Å². The lowest BCUT2D eigenvalue weighted by Gasteiger charge is -2.15. The van der Waals surface area contributed by atoms with Gasteiger partial charge in [-0.3, -0.25) is 0 Å². The van der Waals surface area contributed by atoms with Crippen molar-refractivity contribution < 1.29 is 19.4 Å². The van der Waals surface area contributed by atoms with Gasteiger partial charge in [0.15, 0.2) is 0 Å². The zero-order valence-electron chi connectivity index (χ0n) is 10.5. The molecular formula is C13H18FNO3. The molecule has 0 aromatic heterocycles. The molecule has 2 atom stereocenters. The summed E-state index contributed by atoms with van der Waals surface area (Å²) in [6.45, 7) is 3.80. The fourth-order valence-corrected chi connectivity index (χ4v) is 1.72. The number of carbonyl (C=O) groups is 1. The Hall–Kier alpha value is -1.46. The minimum Gasteiger partial charge on any atom is -0.478 e. The predicted molar refractivity (Wildman–Crippen MR) is 66.0 cm³/mol. The maximum atomic E-state index is 13.5. The molecule has 0 aliphatic rings. The summed E-state index contributed by atoms with van der Waals surface area (Å²) in [6, 6.07) is 3.73. The summed E-state index contributed by atoms with van der Waals surface area (Å²) < 4.78 is 13.5. The van der Waals surface area contributed by atoms with Gasteiger partial charge in [-0.15, -0.1) is 0 Å². The average Bonchev–Trinajstić information content (AvgIpc) is 2.26. The smallest absolute Gasteiger partial charge is 0.335 e. The van der Waals surface area contributed by atoms with E-state index in [1.165, 1.54) is 12.1 Å². The Morgan fingerprint density at radius 2 is 2.11 bits per heavy atom. The van der Waals surface area contributed by atoms with Crippen LogP contribution in [0.3, 0.4) is 0 Å². The van der Waals surface area contributed by atoms with Crippen molar-refractivity contribution in [2.24, 2.45) is 0 Å². The second-order valence-corrected chi connectivity index (χ2v) is 4.48. The number of rotatable bonds is 6. The van der Waals surface area contributed by atoms with Gasteiger partial charge in [0.2, 0.25) is 0 Å². The number of hydrogen-bond acceptors (Lipinski definition) is 3. The lowest BCUT2D eigenvalue weighted by molar-refractivity contribution is 0.0696. The van der Waals surface area contributed by atoms with Gasteiger partial charge >= 0.3 is 5.97 Å². The third-order valence-electron chi connectivity index (χ3n) is 2.63. The first-order valence-corrected chi connectivity index (χ1v) is 5.83. The van der Waals surface area contributed by atoms with E-state index < -0.39 is 17.9 Å². The van der Waals surface area contributed by atoms with Gasteiger partial charge < -0.3 is 15.5 Å². The molecule has 0 aliphatic carbocycles. The second kappa shape index (κ2) is 6.47. The highest BCUT2D eigenvalue weighted by atomic mass is 19.1. The van der Waals surface area contributed by atoms with Gasteiger partial charge in [0.1, 0.15) is 5.82 Å².